The van der Waals surface area contributed by atoms with Crippen LogP contribution in [0, 0.1) is 0 Å². The van der Waals surface area contributed by atoms with E-state index in [-0.39, 0.29) is 12.5 Å². The summed E-state index contributed by atoms with van der Waals surface area (Å²) >= 11 is 0. The lowest BCUT2D eigenvalue weighted by Gasteiger charge is -2.23. The number of likely N-dealkylation sites (N-methyl/N-ethyl adjacent to an activating group) is 1. The molecule has 0 aliphatic heterocycles. The molecule has 0 fully saturated rings. The second-order valence-corrected chi connectivity index (χ2v) is 4.04. The Morgan fingerprint density at radius 3 is 2.29 bits per heavy atom. The maximum atomic E-state index is 11.3. The molecule has 0 aromatic rings. The lowest BCUT2D eigenvalue weighted by atomic mass is 10.2. The van der Waals surface area contributed by atoms with Crippen molar-refractivity contribution in [2.75, 3.05) is 20.7 Å². The van der Waals surface area contributed by atoms with Crippen molar-refractivity contribution in [1.82, 2.24) is 4.90 Å². The van der Waals surface area contributed by atoms with Gasteiger partial charge in [-0.15, -0.1) is 0 Å². The molecule has 0 aliphatic rings. The van der Waals surface area contributed by atoms with E-state index in [9.17, 15) is 4.79 Å². The summed E-state index contributed by atoms with van der Waals surface area (Å²) in [6.07, 6.45) is 0. The summed E-state index contributed by atoms with van der Waals surface area (Å²) in [7, 11) is 3.23. The molecule has 0 radical (unpaired) electrons. The SMILES string of the molecule is C=C(OC)N(C)CC(=O)OC(C)(C)C. The van der Waals surface area contributed by atoms with Crippen LogP contribution in [0.1, 0.15) is 20.8 Å². The number of rotatable bonds is 4. The smallest absolute Gasteiger partial charge is 0.326 e. The van der Waals surface area contributed by atoms with E-state index < -0.39 is 5.60 Å². The minimum Gasteiger partial charge on any atom is -0.483 e. The first-order chi connectivity index (χ1) is 6.26. The Balaban J connectivity index is 4.01. The number of nitrogens with zero attached hydrogens (tertiary/aromatic N) is 1. The van der Waals surface area contributed by atoms with Gasteiger partial charge in [0, 0.05) is 7.05 Å². The van der Waals surface area contributed by atoms with E-state index in [0.29, 0.717) is 5.88 Å². The molecule has 0 aromatic carbocycles. The second kappa shape index (κ2) is 4.88. The lowest BCUT2D eigenvalue weighted by Crippen LogP contribution is -2.32. The van der Waals surface area contributed by atoms with E-state index in [1.165, 1.54) is 7.11 Å². The van der Waals surface area contributed by atoms with Crippen LogP contribution in [0.2, 0.25) is 0 Å². The third-order valence-corrected chi connectivity index (χ3v) is 1.45. The summed E-state index contributed by atoms with van der Waals surface area (Å²) < 4.78 is 9.99. The first kappa shape index (κ1) is 12.8. The van der Waals surface area contributed by atoms with E-state index in [2.05, 4.69) is 6.58 Å². The molecule has 0 amide bonds. The molecule has 0 heterocycles. The standard InChI is InChI=1S/C10H19NO3/c1-8(13-6)11(5)7-9(12)14-10(2,3)4/h1,7H2,2-6H3. The quantitative estimate of drug-likeness (QED) is 0.509. The van der Waals surface area contributed by atoms with Crippen LogP contribution < -0.4 is 0 Å². The van der Waals surface area contributed by atoms with Crippen molar-refractivity contribution in [1.29, 1.82) is 0 Å². The molecule has 4 nitrogen and oxygen atoms in total. The van der Waals surface area contributed by atoms with Crippen LogP contribution in [-0.4, -0.2) is 37.2 Å². The monoisotopic (exact) mass is 201 g/mol. The molecule has 0 saturated carbocycles. The number of hydrogen-bond acceptors (Lipinski definition) is 4. The Kier molecular flexibility index (Phi) is 4.47. The predicted molar refractivity (Wildman–Crippen MR) is 54.6 cm³/mol. The average molecular weight is 201 g/mol. The Morgan fingerprint density at radius 2 is 1.93 bits per heavy atom. The normalized spacial score (nSPS) is 10.6. The molecular formula is C10H19NO3. The van der Waals surface area contributed by atoms with E-state index >= 15 is 0 Å². The van der Waals surface area contributed by atoms with Gasteiger partial charge in [0.25, 0.3) is 0 Å². The fourth-order valence-electron chi connectivity index (χ4n) is 0.811. The van der Waals surface area contributed by atoms with E-state index in [1.54, 1.807) is 11.9 Å². The van der Waals surface area contributed by atoms with Crippen molar-refractivity contribution >= 4 is 5.97 Å². The molecule has 0 spiro atoms. The summed E-state index contributed by atoms with van der Waals surface area (Å²) in [6.45, 7) is 9.25. The average Bonchev–Trinajstić information content (AvgIpc) is 1.99. The van der Waals surface area contributed by atoms with Crippen molar-refractivity contribution in [2.24, 2.45) is 0 Å². The molecule has 0 aliphatic carbocycles. The third-order valence-electron chi connectivity index (χ3n) is 1.45. The number of methoxy groups -OCH3 is 1. The predicted octanol–water partition coefficient (Wildman–Crippen LogP) is 1.38. The number of ether oxygens (including phenoxy) is 2. The van der Waals surface area contributed by atoms with Gasteiger partial charge in [-0.2, -0.15) is 0 Å². The maximum absolute atomic E-state index is 11.3. The molecular weight excluding hydrogens is 182 g/mol. The highest BCUT2D eigenvalue weighted by Gasteiger charge is 2.17. The van der Waals surface area contributed by atoms with Crippen LogP contribution in [-0.2, 0) is 14.3 Å². The van der Waals surface area contributed by atoms with Crippen LogP contribution in [0.15, 0.2) is 12.5 Å². The minimum absolute atomic E-state index is 0.143. The van der Waals surface area contributed by atoms with Gasteiger partial charge in [0.05, 0.1) is 7.11 Å². The molecule has 82 valence electrons. The summed E-state index contributed by atoms with van der Waals surface area (Å²) in [6, 6.07) is 0. The van der Waals surface area contributed by atoms with Crippen LogP contribution in [0.3, 0.4) is 0 Å². The van der Waals surface area contributed by atoms with Crippen molar-refractivity contribution in [3.8, 4) is 0 Å². The molecule has 0 aromatic heterocycles. The Hall–Kier alpha value is -1.19. The van der Waals surface area contributed by atoms with E-state index in [1.807, 2.05) is 20.8 Å². The number of hydrogen-bond donors (Lipinski definition) is 0. The molecule has 0 N–H and O–H groups in total. The summed E-state index contributed by atoms with van der Waals surface area (Å²) in [5, 5.41) is 0. The minimum atomic E-state index is -0.452. The zero-order valence-electron chi connectivity index (χ0n) is 9.59. The maximum Gasteiger partial charge on any atom is 0.326 e. The van der Waals surface area contributed by atoms with E-state index in [0.717, 1.165) is 0 Å². The van der Waals surface area contributed by atoms with Crippen molar-refractivity contribution < 1.29 is 14.3 Å². The van der Waals surface area contributed by atoms with Crippen LogP contribution in [0.25, 0.3) is 0 Å². The highest BCUT2D eigenvalue weighted by atomic mass is 16.6. The highest BCUT2D eigenvalue weighted by molar-refractivity contribution is 5.72. The summed E-state index contributed by atoms with van der Waals surface area (Å²) in [5.41, 5.74) is -0.452. The van der Waals surface area contributed by atoms with Crippen LogP contribution >= 0.6 is 0 Å². The first-order valence-electron chi connectivity index (χ1n) is 4.42. The molecule has 14 heavy (non-hydrogen) atoms. The van der Waals surface area contributed by atoms with Gasteiger partial charge in [0.1, 0.15) is 12.1 Å². The number of esters is 1. The fourth-order valence-corrected chi connectivity index (χ4v) is 0.811. The van der Waals surface area contributed by atoms with Crippen LogP contribution in [0.5, 0.6) is 0 Å². The molecule has 0 bridgehead atoms. The summed E-state index contributed by atoms with van der Waals surface area (Å²) in [5.74, 6) is 0.147. The largest absolute Gasteiger partial charge is 0.483 e. The zero-order chi connectivity index (χ0) is 11.4. The van der Waals surface area contributed by atoms with Gasteiger partial charge >= 0.3 is 5.97 Å². The Labute approximate surface area is 85.5 Å². The summed E-state index contributed by atoms with van der Waals surface area (Å²) in [4.78, 5) is 12.9. The molecule has 0 saturated heterocycles. The number of carbonyl (C=O) groups is 1. The Morgan fingerprint density at radius 1 is 1.43 bits per heavy atom. The second-order valence-electron chi connectivity index (χ2n) is 4.04. The van der Waals surface area contributed by atoms with Gasteiger partial charge in [-0.25, -0.2) is 0 Å². The van der Waals surface area contributed by atoms with Crippen molar-refractivity contribution in [3.05, 3.63) is 12.5 Å². The molecule has 0 atom stereocenters. The topological polar surface area (TPSA) is 38.8 Å². The van der Waals surface area contributed by atoms with E-state index in [4.69, 9.17) is 9.47 Å². The van der Waals surface area contributed by atoms with Gasteiger partial charge in [0.15, 0.2) is 5.88 Å². The molecule has 0 unspecified atom stereocenters. The van der Waals surface area contributed by atoms with Gasteiger partial charge in [0.2, 0.25) is 0 Å². The number of carbonyl (C=O) groups excluding carboxylic acids is 1. The first-order valence-corrected chi connectivity index (χ1v) is 4.42. The van der Waals surface area contributed by atoms with Gasteiger partial charge in [-0.1, -0.05) is 0 Å². The third kappa shape index (κ3) is 5.45. The van der Waals surface area contributed by atoms with Gasteiger partial charge < -0.3 is 14.4 Å². The van der Waals surface area contributed by atoms with Crippen molar-refractivity contribution in [3.63, 3.8) is 0 Å². The van der Waals surface area contributed by atoms with Gasteiger partial charge in [-0.05, 0) is 27.4 Å². The van der Waals surface area contributed by atoms with Crippen LogP contribution in [0.4, 0.5) is 0 Å². The molecule has 4 heteroatoms. The Bertz CT molecular complexity index is 218. The lowest BCUT2D eigenvalue weighted by molar-refractivity contribution is -0.155. The van der Waals surface area contributed by atoms with Gasteiger partial charge in [-0.3, -0.25) is 4.79 Å². The highest BCUT2D eigenvalue weighted by Crippen LogP contribution is 2.08. The fraction of sp³-hybridized carbons (Fsp3) is 0.700. The van der Waals surface area contributed by atoms with Crippen molar-refractivity contribution in [2.45, 2.75) is 26.4 Å². The zero-order valence-corrected chi connectivity index (χ0v) is 9.59. The molecule has 0 rings (SSSR count).